The van der Waals surface area contributed by atoms with Crippen LogP contribution in [0.3, 0.4) is 0 Å². The number of carbonyl (C=O) groups is 1. The van der Waals surface area contributed by atoms with Crippen LogP contribution in [0.2, 0.25) is 0 Å². The highest BCUT2D eigenvalue weighted by molar-refractivity contribution is 7.09. The van der Waals surface area contributed by atoms with Crippen molar-refractivity contribution in [2.75, 3.05) is 7.11 Å². The molecular weight excluding hydrogens is 472 g/mol. The van der Waals surface area contributed by atoms with Crippen LogP contribution in [0.25, 0.3) is 11.4 Å². The van der Waals surface area contributed by atoms with Crippen molar-refractivity contribution >= 4 is 17.3 Å². The summed E-state index contributed by atoms with van der Waals surface area (Å²) in [4.78, 5) is 16.6. The van der Waals surface area contributed by atoms with Gasteiger partial charge >= 0.3 is 5.97 Å². The number of aryl methyl sites for hydroxylation is 1. The van der Waals surface area contributed by atoms with Crippen molar-refractivity contribution in [3.05, 3.63) is 87.4 Å². The molecule has 4 rings (SSSR count). The van der Waals surface area contributed by atoms with E-state index < -0.39 is 5.97 Å². The van der Waals surface area contributed by atoms with Crippen molar-refractivity contribution in [2.24, 2.45) is 0 Å². The Morgan fingerprint density at radius 1 is 1.06 bits per heavy atom. The summed E-state index contributed by atoms with van der Waals surface area (Å²) in [6, 6.07) is 17.8. The SMILES string of the molecule is COc1ccc(CCn2c(-c3csc(COc4ccc(C(C)(C)C)cc4)n3)cc(C(=O)O)c2C)cc1. The first-order valence-electron chi connectivity index (χ1n) is 11.9. The number of benzene rings is 2. The van der Waals surface area contributed by atoms with E-state index in [4.69, 9.17) is 14.5 Å². The molecule has 2 aromatic heterocycles. The summed E-state index contributed by atoms with van der Waals surface area (Å²) in [6.45, 7) is 9.40. The zero-order chi connectivity index (χ0) is 25.9. The van der Waals surface area contributed by atoms with Crippen LogP contribution >= 0.6 is 11.3 Å². The minimum Gasteiger partial charge on any atom is -0.497 e. The summed E-state index contributed by atoms with van der Waals surface area (Å²) in [5.41, 5.74) is 5.07. The van der Waals surface area contributed by atoms with Gasteiger partial charge in [-0.1, -0.05) is 45.0 Å². The lowest BCUT2D eigenvalue weighted by Crippen LogP contribution is -2.10. The van der Waals surface area contributed by atoms with Gasteiger partial charge in [0.15, 0.2) is 0 Å². The summed E-state index contributed by atoms with van der Waals surface area (Å²) >= 11 is 1.51. The standard InChI is InChI=1S/C29H32N2O4S/c1-19-24(28(32)33)16-26(31(19)15-14-20-6-10-22(34-5)11-7-20)25-18-36-27(30-25)17-35-23-12-8-21(9-13-23)29(2,3)4/h6-13,16,18H,14-15,17H2,1-5H3,(H,32,33). The molecule has 1 N–H and O–H groups in total. The van der Waals surface area contributed by atoms with E-state index in [0.717, 1.165) is 45.6 Å². The van der Waals surface area contributed by atoms with Crippen LogP contribution in [0.5, 0.6) is 11.5 Å². The highest BCUT2D eigenvalue weighted by Crippen LogP contribution is 2.29. The topological polar surface area (TPSA) is 73.6 Å². The van der Waals surface area contributed by atoms with Gasteiger partial charge < -0.3 is 19.1 Å². The third kappa shape index (κ3) is 5.79. The average molecular weight is 505 g/mol. The highest BCUT2D eigenvalue weighted by atomic mass is 32.1. The quantitative estimate of drug-likeness (QED) is 0.273. The summed E-state index contributed by atoms with van der Waals surface area (Å²) in [6.07, 6.45) is 0.760. The van der Waals surface area contributed by atoms with E-state index in [9.17, 15) is 9.90 Å². The van der Waals surface area contributed by atoms with Gasteiger partial charge in [0, 0.05) is 17.6 Å². The summed E-state index contributed by atoms with van der Waals surface area (Å²) in [5, 5.41) is 12.5. The first kappa shape index (κ1) is 25.5. The average Bonchev–Trinajstić information content (AvgIpc) is 3.45. The summed E-state index contributed by atoms with van der Waals surface area (Å²) in [7, 11) is 1.65. The maximum Gasteiger partial charge on any atom is 0.337 e. The second-order valence-corrected chi connectivity index (χ2v) is 10.7. The Morgan fingerprint density at radius 3 is 2.33 bits per heavy atom. The fourth-order valence-corrected chi connectivity index (χ4v) is 4.79. The molecule has 188 valence electrons. The summed E-state index contributed by atoms with van der Waals surface area (Å²) in [5.74, 6) is 0.674. The molecule has 0 atom stereocenters. The number of hydrogen-bond donors (Lipinski definition) is 1. The molecule has 0 aliphatic rings. The monoisotopic (exact) mass is 504 g/mol. The largest absolute Gasteiger partial charge is 0.497 e. The molecule has 2 aromatic carbocycles. The predicted molar refractivity (Wildman–Crippen MR) is 143 cm³/mol. The predicted octanol–water partition coefficient (Wildman–Crippen LogP) is 6.75. The van der Waals surface area contributed by atoms with Crippen LogP contribution in [-0.4, -0.2) is 27.7 Å². The molecule has 4 aromatic rings. The number of aromatic carboxylic acids is 1. The van der Waals surface area contributed by atoms with E-state index in [0.29, 0.717) is 18.7 Å². The fraction of sp³-hybridized carbons (Fsp3) is 0.310. The van der Waals surface area contributed by atoms with Crippen molar-refractivity contribution in [2.45, 2.75) is 52.7 Å². The van der Waals surface area contributed by atoms with Gasteiger partial charge in [0.2, 0.25) is 0 Å². The van der Waals surface area contributed by atoms with Gasteiger partial charge in [-0.2, -0.15) is 0 Å². The van der Waals surface area contributed by atoms with Crippen LogP contribution in [-0.2, 0) is 25.0 Å². The minimum absolute atomic E-state index is 0.0952. The third-order valence-corrected chi connectivity index (χ3v) is 7.10. The molecule has 2 heterocycles. The number of rotatable bonds is 9. The second kappa shape index (κ2) is 10.6. The minimum atomic E-state index is -0.936. The van der Waals surface area contributed by atoms with E-state index in [2.05, 4.69) is 32.9 Å². The van der Waals surface area contributed by atoms with E-state index in [1.807, 2.05) is 53.3 Å². The molecule has 0 aliphatic carbocycles. The van der Waals surface area contributed by atoms with E-state index in [1.54, 1.807) is 13.2 Å². The van der Waals surface area contributed by atoms with Gasteiger partial charge in [-0.25, -0.2) is 9.78 Å². The number of thiazole rings is 1. The van der Waals surface area contributed by atoms with Crippen molar-refractivity contribution in [3.8, 4) is 22.9 Å². The molecule has 6 nitrogen and oxygen atoms in total. The molecule has 0 saturated carbocycles. The molecule has 0 amide bonds. The Kier molecular flexibility index (Phi) is 7.50. The maximum absolute atomic E-state index is 11.8. The molecule has 0 bridgehead atoms. The zero-order valence-electron chi connectivity index (χ0n) is 21.4. The number of aromatic nitrogens is 2. The third-order valence-electron chi connectivity index (χ3n) is 6.28. The lowest BCUT2D eigenvalue weighted by atomic mass is 9.87. The van der Waals surface area contributed by atoms with Crippen LogP contribution < -0.4 is 9.47 Å². The first-order valence-corrected chi connectivity index (χ1v) is 12.8. The van der Waals surface area contributed by atoms with Gasteiger partial charge in [0.1, 0.15) is 23.1 Å². The normalized spacial score (nSPS) is 11.5. The number of carboxylic acid groups (broad SMARTS) is 1. The second-order valence-electron chi connectivity index (χ2n) is 9.77. The lowest BCUT2D eigenvalue weighted by Gasteiger charge is -2.19. The number of methoxy groups -OCH3 is 1. The fourth-order valence-electron chi connectivity index (χ4n) is 4.09. The van der Waals surface area contributed by atoms with Crippen molar-refractivity contribution in [1.82, 2.24) is 9.55 Å². The number of hydrogen-bond acceptors (Lipinski definition) is 5. The molecule has 0 radical (unpaired) electrons. The van der Waals surface area contributed by atoms with Crippen LogP contribution in [0, 0.1) is 6.92 Å². The maximum atomic E-state index is 11.8. The van der Waals surface area contributed by atoms with Gasteiger partial charge in [0.25, 0.3) is 0 Å². The molecule has 0 aliphatic heterocycles. The van der Waals surface area contributed by atoms with Crippen molar-refractivity contribution in [3.63, 3.8) is 0 Å². The molecule has 7 heteroatoms. The van der Waals surface area contributed by atoms with Gasteiger partial charge in [-0.05, 0) is 60.2 Å². The summed E-state index contributed by atoms with van der Waals surface area (Å²) < 4.78 is 13.2. The Balaban J connectivity index is 1.50. The number of carboxylic acids is 1. The zero-order valence-corrected chi connectivity index (χ0v) is 22.2. The van der Waals surface area contributed by atoms with Crippen LogP contribution in [0.4, 0.5) is 0 Å². The van der Waals surface area contributed by atoms with Gasteiger partial charge in [-0.3, -0.25) is 0 Å². The molecule has 36 heavy (non-hydrogen) atoms. The van der Waals surface area contributed by atoms with E-state index in [1.165, 1.54) is 16.9 Å². The van der Waals surface area contributed by atoms with Crippen LogP contribution in [0.1, 0.15) is 53.0 Å². The Bertz CT molecular complexity index is 1330. The Labute approximate surface area is 216 Å². The van der Waals surface area contributed by atoms with Crippen LogP contribution in [0.15, 0.2) is 60.0 Å². The molecule has 0 saturated heterocycles. The molecular formula is C29H32N2O4S. The lowest BCUT2D eigenvalue weighted by molar-refractivity contribution is 0.0696. The van der Waals surface area contributed by atoms with E-state index >= 15 is 0 Å². The number of ether oxygens (including phenoxy) is 2. The Morgan fingerprint density at radius 2 is 1.72 bits per heavy atom. The van der Waals surface area contributed by atoms with Crippen molar-refractivity contribution < 1.29 is 19.4 Å². The van der Waals surface area contributed by atoms with E-state index in [-0.39, 0.29) is 5.41 Å². The molecule has 0 spiro atoms. The van der Waals surface area contributed by atoms with Crippen molar-refractivity contribution in [1.29, 1.82) is 0 Å². The Hall–Kier alpha value is -3.58. The van der Waals surface area contributed by atoms with Gasteiger partial charge in [-0.15, -0.1) is 11.3 Å². The number of nitrogens with zero attached hydrogens (tertiary/aromatic N) is 2. The molecule has 0 fully saturated rings. The smallest absolute Gasteiger partial charge is 0.337 e. The van der Waals surface area contributed by atoms with Gasteiger partial charge in [0.05, 0.1) is 24.1 Å². The molecule has 0 unspecified atom stereocenters. The highest BCUT2D eigenvalue weighted by Gasteiger charge is 2.20. The first-order chi connectivity index (χ1) is 17.2.